The maximum absolute atomic E-state index is 11.2. The minimum Gasteiger partial charge on any atom is -0.392 e. The highest BCUT2D eigenvalue weighted by molar-refractivity contribution is 8.07. The number of aliphatic hydroxyl groups is 2. The van der Waals surface area contributed by atoms with Gasteiger partial charge in [0.15, 0.2) is 0 Å². The van der Waals surface area contributed by atoms with Gasteiger partial charge in [0.2, 0.25) is 0 Å². The second-order valence-electron chi connectivity index (χ2n) is 14.7. The fourth-order valence-corrected chi connectivity index (χ4v) is 6.80. The first-order valence-electron chi connectivity index (χ1n) is 13.2. The Balaban J connectivity index is 1.92. The Bertz CT molecular complexity index is 895. The van der Waals surface area contributed by atoms with Crippen LogP contribution in [0.3, 0.4) is 0 Å². The molecule has 0 aromatic rings. The van der Waals surface area contributed by atoms with Gasteiger partial charge in [-0.25, -0.2) is 0 Å². The fraction of sp³-hybridized carbons (Fsp3) is 0.625. The maximum atomic E-state index is 11.2. The third-order valence-corrected chi connectivity index (χ3v) is 10.7. The van der Waals surface area contributed by atoms with Crippen LogP contribution in [0.5, 0.6) is 0 Å². The summed E-state index contributed by atoms with van der Waals surface area (Å²) in [4.78, 5) is 5.29. The first kappa shape index (κ1) is 29.6. The van der Waals surface area contributed by atoms with Crippen molar-refractivity contribution >= 4 is 23.5 Å². The van der Waals surface area contributed by atoms with Gasteiger partial charge in [0, 0.05) is 11.8 Å². The number of allylic oxidation sites excluding steroid dienone is 10. The van der Waals surface area contributed by atoms with Gasteiger partial charge in [0.1, 0.15) is 0 Å². The second kappa shape index (κ2) is 9.98. The summed E-state index contributed by atoms with van der Waals surface area (Å²) in [5.41, 5.74) is 2.38. The topological polar surface area (TPSA) is 40.5 Å². The van der Waals surface area contributed by atoms with E-state index in [4.69, 9.17) is 0 Å². The molecule has 0 aromatic heterocycles. The minimum atomic E-state index is -0.597. The average molecular weight is 529 g/mol. The first-order valence-corrected chi connectivity index (χ1v) is 14.9. The highest BCUT2D eigenvalue weighted by Crippen LogP contribution is 2.51. The lowest BCUT2D eigenvalue weighted by molar-refractivity contribution is -0.110. The van der Waals surface area contributed by atoms with Gasteiger partial charge in [0.25, 0.3) is 0 Å². The quantitative estimate of drug-likeness (QED) is 0.375. The molecule has 3 rings (SSSR count). The van der Waals surface area contributed by atoms with Gasteiger partial charge >= 0.3 is 0 Å². The molecule has 0 saturated heterocycles. The summed E-state index contributed by atoms with van der Waals surface area (Å²) < 4.78 is 0. The molecule has 0 bridgehead atoms. The van der Waals surface area contributed by atoms with Crippen molar-refractivity contribution in [2.24, 2.45) is 33.5 Å². The molecule has 0 unspecified atom stereocenters. The van der Waals surface area contributed by atoms with E-state index in [9.17, 15) is 10.2 Å². The molecule has 0 aromatic carbocycles. The molecule has 0 amide bonds. The fourth-order valence-electron chi connectivity index (χ4n) is 4.33. The lowest BCUT2D eigenvalue weighted by Gasteiger charge is -2.44. The predicted molar refractivity (Wildman–Crippen MR) is 160 cm³/mol. The van der Waals surface area contributed by atoms with Crippen molar-refractivity contribution in [2.45, 2.75) is 95.3 Å². The van der Waals surface area contributed by atoms with Crippen molar-refractivity contribution in [3.63, 3.8) is 0 Å². The zero-order valence-electron chi connectivity index (χ0n) is 24.5. The number of rotatable bonds is 2. The highest BCUT2D eigenvalue weighted by Gasteiger charge is 2.47. The Kier molecular flexibility index (Phi) is 8.21. The lowest BCUT2D eigenvalue weighted by Crippen LogP contribution is -2.53. The van der Waals surface area contributed by atoms with Gasteiger partial charge in [0.05, 0.1) is 12.2 Å². The smallest absolute Gasteiger partial charge is 0.0716 e. The van der Waals surface area contributed by atoms with Crippen molar-refractivity contribution in [3.05, 3.63) is 67.2 Å². The van der Waals surface area contributed by atoms with Crippen LogP contribution >= 0.6 is 23.5 Å². The molecule has 4 heteroatoms. The van der Waals surface area contributed by atoms with E-state index in [-0.39, 0.29) is 33.5 Å². The molecule has 2 heterocycles. The summed E-state index contributed by atoms with van der Waals surface area (Å²) in [6, 6.07) is 0. The molecule has 2 aliphatic heterocycles. The van der Waals surface area contributed by atoms with Crippen LogP contribution in [0.15, 0.2) is 67.2 Å². The lowest BCUT2D eigenvalue weighted by atomic mass is 9.67. The third kappa shape index (κ3) is 6.73. The van der Waals surface area contributed by atoms with Crippen molar-refractivity contribution in [1.29, 1.82) is 0 Å². The molecule has 1 aliphatic carbocycles. The molecule has 2 N–H and O–H groups in total. The molecule has 3 aliphatic rings. The molecule has 0 atom stereocenters. The van der Waals surface area contributed by atoms with Crippen molar-refractivity contribution in [1.82, 2.24) is 0 Å². The second-order valence-corrected chi connectivity index (χ2v) is 16.9. The molecule has 200 valence electrons. The van der Waals surface area contributed by atoms with Gasteiger partial charge in [-0.05, 0) is 76.7 Å². The van der Waals surface area contributed by atoms with E-state index < -0.39 is 12.2 Å². The van der Waals surface area contributed by atoms with Crippen LogP contribution in [0.25, 0.3) is 0 Å². The van der Waals surface area contributed by atoms with E-state index in [2.05, 4.69) is 120 Å². The summed E-state index contributed by atoms with van der Waals surface area (Å²) in [5, 5.41) is 22.3. The highest BCUT2D eigenvalue weighted by atomic mass is 32.2. The molecule has 0 spiro atoms. The third-order valence-electron chi connectivity index (χ3n) is 6.93. The Morgan fingerprint density at radius 2 is 0.722 bits per heavy atom. The van der Waals surface area contributed by atoms with E-state index in [1.165, 1.54) is 19.6 Å². The van der Waals surface area contributed by atoms with Crippen LogP contribution in [0, 0.1) is 33.5 Å². The Hall–Kier alpha value is -0.940. The van der Waals surface area contributed by atoms with Gasteiger partial charge in [-0.15, -0.1) is 0 Å². The summed E-state index contributed by atoms with van der Waals surface area (Å²) in [6.07, 6.45) is 11.9. The van der Waals surface area contributed by atoms with Crippen LogP contribution in [0.1, 0.15) is 83.1 Å². The van der Waals surface area contributed by atoms with Crippen LogP contribution < -0.4 is 0 Å². The Morgan fingerprint density at radius 3 is 0.917 bits per heavy atom. The minimum absolute atomic E-state index is 0.0471. The van der Waals surface area contributed by atoms with Crippen LogP contribution in [0.2, 0.25) is 0 Å². The predicted octanol–water partition coefficient (Wildman–Crippen LogP) is 9.02. The molecular formula is C32H48O2S2. The Morgan fingerprint density at radius 1 is 0.500 bits per heavy atom. The Labute approximate surface area is 229 Å². The van der Waals surface area contributed by atoms with E-state index in [1.54, 1.807) is 0 Å². The molecular weight excluding hydrogens is 480 g/mol. The van der Waals surface area contributed by atoms with Gasteiger partial charge in [-0.1, -0.05) is 119 Å². The first-order chi connectivity index (χ1) is 16.2. The SMILES string of the molecule is CC(C)(C)C1=CC(=CC2C(O)C(C=C3C=C(C(C)(C)C)SC(C(C)(C)C)=C3)C2O)C=C(C(C)(C)C)S1. The number of thioether (sulfide) groups is 2. The van der Waals surface area contributed by atoms with Crippen molar-refractivity contribution < 1.29 is 10.2 Å². The molecule has 0 radical (unpaired) electrons. The largest absolute Gasteiger partial charge is 0.392 e. The van der Waals surface area contributed by atoms with Gasteiger partial charge in [-0.3, -0.25) is 0 Å². The normalized spacial score (nSPS) is 28.1. The summed E-state index contributed by atoms with van der Waals surface area (Å²) >= 11 is 3.73. The molecule has 1 saturated carbocycles. The van der Waals surface area contributed by atoms with E-state index in [1.807, 2.05) is 23.5 Å². The van der Waals surface area contributed by atoms with Crippen molar-refractivity contribution in [2.75, 3.05) is 0 Å². The van der Waals surface area contributed by atoms with Crippen molar-refractivity contribution in [3.8, 4) is 0 Å². The summed E-state index contributed by atoms with van der Waals surface area (Å²) in [6.45, 7) is 26.9. The van der Waals surface area contributed by atoms with Crippen LogP contribution in [0.4, 0.5) is 0 Å². The summed E-state index contributed by atoms with van der Waals surface area (Å²) in [7, 11) is 0. The standard InChI is InChI=1S/C32H48O2S2/c1-29(2,3)23-15-19(16-24(35-23)30(4,5)6)13-21-27(33)22(28(21)34)14-20-17-25(31(7,8)9)36-26(18-20)32(10,11)12/h13-18,21-22,27-28,33-34H,1-12H3. The van der Waals surface area contributed by atoms with E-state index in [0.29, 0.717) is 0 Å². The zero-order valence-corrected chi connectivity index (χ0v) is 26.1. The summed E-state index contributed by atoms with van der Waals surface area (Å²) in [5.74, 6) is -0.537. The molecule has 1 fully saturated rings. The zero-order chi connectivity index (χ0) is 27.4. The number of hydrogen-bond acceptors (Lipinski definition) is 4. The average Bonchev–Trinajstić information content (AvgIpc) is 2.72. The molecule has 2 nitrogen and oxygen atoms in total. The van der Waals surface area contributed by atoms with E-state index in [0.717, 1.165) is 11.1 Å². The maximum Gasteiger partial charge on any atom is 0.0716 e. The van der Waals surface area contributed by atoms with Gasteiger partial charge in [-0.2, -0.15) is 0 Å². The van der Waals surface area contributed by atoms with E-state index >= 15 is 0 Å². The monoisotopic (exact) mass is 528 g/mol. The number of hydrogen-bond donors (Lipinski definition) is 2. The van der Waals surface area contributed by atoms with Crippen LogP contribution in [-0.2, 0) is 0 Å². The van der Waals surface area contributed by atoms with Gasteiger partial charge < -0.3 is 10.2 Å². The molecule has 36 heavy (non-hydrogen) atoms. The number of aliphatic hydroxyl groups excluding tert-OH is 2. The van der Waals surface area contributed by atoms with Crippen LogP contribution in [-0.4, -0.2) is 22.4 Å².